The fraction of sp³-hybridized carbons (Fsp3) is 0.227. The van der Waals surface area contributed by atoms with Crippen LogP contribution in [0.25, 0.3) is 27.9 Å². The average molecular weight is 358 g/mol. The van der Waals surface area contributed by atoms with Crippen molar-refractivity contribution >= 4 is 22.3 Å². The Labute approximate surface area is 158 Å². The van der Waals surface area contributed by atoms with Crippen LogP contribution < -0.4 is 5.32 Å². The van der Waals surface area contributed by atoms with Gasteiger partial charge in [-0.3, -0.25) is 4.98 Å². The summed E-state index contributed by atoms with van der Waals surface area (Å²) in [6.07, 6.45) is 9.86. The zero-order valence-corrected chi connectivity index (χ0v) is 15.8. The average Bonchev–Trinajstić information content (AvgIpc) is 2.74. The molecule has 1 aromatic carbocycles. The fourth-order valence-electron chi connectivity index (χ4n) is 3.48. The predicted octanol–water partition coefficient (Wildman–Crippen LogP) is 4.75. The minimum atomic E-state index is 0.672. The van der Waals surface area contributed by atoms with Crippen LogP contribution in [0, 0.1) is 6.92 Å². The molecule has 27 heavy (non-hydrogen) atoms. The van der Waals surface area contributed by atoms with Gasteiger partial charge in [-0.05, 0) is 54.3 Å². The van der Waals surface area contributed by atoms with Gasteiger partial charge in [0, 0.05) is 36.8 Å². The number of anilines is 1. The quantitative estimate of drug-likeness (QED) is 0.729. The van der Waals surface area contributed by atoms with Gasteiger partial charge in [0.25, 0.3) is 0 Å². The second-order valence-electron chi connectivity index (χ2n) is 6.53. The molecule has 2 aromatic heterocycles. The number of nitrogens with one attached hydrogen (secondary N) is 1. The first kappa shape index (κ1) is 17.2. The van der Waals surface area contributed by atoms with Crippen LogP contribution in [0.1, 0.15) is 24.0 Å². The summed E-state index contributed by atoms with van der Waals surface area (Å²) < 4.78 is 5.46. The molecule has 0 atom stereocenters. The molecule has 3 aromatic rings. The Morgan fingerprint density at radius 3 is 2.78 bits per heavy atom. The smallest absolute Gasteiger partial charge is 0.163 e. The number of nitrogens with zero attached hydrogens (tertiary/aromatic N) is 3. The summed E-state index contributed by atoms with van der Waals surface area (Å²) in [5.41, 5.74) is 5.35. The Morgan fingerprint density at radius 1 is 1.15 bits per heavy atom. The van der Waals surface area contributed by atoms with Gasteiger partial charge in [0.2, 0.25) is 0 Å². The van der Waals surface area contributed by atoms with Crippen LogP contribution in [0.4, 0.5) is 5.82 Å². The van der Waals surface area contributed by atoms with Crippen LogP contribution >= 0.6 is 0 Å². The van der Waals surface area contributed by atoms with Gasteiger partial charge in [-0.2, -0.15) is 0 Å². The Hall–Kier alpha value is -3.21. The zero-order valence-electron chi connectivity index (χ0n) is 15.8. The summed E-state index contributed by atoms with van der Waals surface area (Å²) in [7, 11) is 3.62. The van der Waals surface area contributed by atoms with Crippen LogP contribution in [-0.2, 0) is 4.74 Å². The minimum absolute atomic E-state index is 0.672. The molecule has 5 heteroatoms. The number of aryl methyl sites for hydroxylation is 1. The highest BCUT2D eigenvalue weighted by atomic mass is 16.5. The van der Waals surface area contributed by atoms with Crippen molar-refractivity contribution in [2.75, 3.05) is 19.5 Å². The molecule has 0 bridgehead atoms. The first-order chi connectivity index (χ1) is 13.2. The van der Waals surface area contributed by atoms with Gasteiger partial charge < -0.3 is 10.1 Å². The maximum atomic E-state index is 5.46. The summed E-state index contributed by atoms with van der Waals surface area (Å²) in [5.74, 6) is 2.51. The second kappa shape index (κ2) is 7.19. The molecule has 1 N–H and O–H groups in total. The molecule has 0 saturated carbocycles. The Kier molecular flexibility index (Phi) is 4.59. The summed E-state index contributed by atoms with van der Waals surface area (Å²) in [5, 5.41) is 4.22. The number of pyridine rings is 1. The third-order valence-corrected chi connectivity index (χ3v) is 4.92. The first-order valence-corrected chi connectivity index (χ1v) is 9.06. The van der Waals surface area contributed by atoms with Gasteiger partial charge >= 0.3 is 0 Å². The van der Waals surface area contributed by atoms with E-state index in [1.165, 1.54) is 11.1 Å². The topological polar surface area (TPSA) is 59.9 Å². The molecule has 0 aliphatic heterocycles. The summed E-state index contributed by atoms with van der Waals surface area (Å²) in [4.78, 5) is 13.8. The van der Waals surface area contributed by atoms with Crippen molar-refractivity contribution in [3.8, 4) is 11.4 Å². The van der Waals surface area contributed by atoms with E-state index >= 15 is 0 Å². The van der Waals surface area contributed by atoms with E-state index in [1.54, 1.807) is 19.5 Å². The van der Waals surface area contributed by atoms with Crippen LogP contribution in [-0.4, -0.2) is 29.1 Å². The van der Waals surface area contributed by atoms with Crippen molar-refractivity contribution in [3.63, 3.8) is 0 Å². The van der Waals surface area contributed by atoms with E-state index in [1.807, 2.05) is 19.2 Å². The van der Waals surface area contributed by atoms with E-state index < -0.39 is 0 Å². The lowest BCUT2D eigenvalue weighted by atomic mass is 9.93. The van der Waals surface area contributed by atoms with E-state index in [9.17, 15) is 0 Å². The zero-order chi connectivity index (χ0) is 18.8. The molecule has 2 heterocycles. The molecule has 0 unspecified atom stereocenters. The minimum Gasteiger partial charge on any atom is -0.501 e. The number of benzene rings is 1. The fourth-order valence-corrected chi connectivity index (χ4v) is 3.48. The highest BCUT2D eigenvalue weighted by molar-refractivity contribution is 5.96. The van der Waals surface area contributed by atoms with Crippen molar-refractivity contribution in [2.24, 2.45) is 0 Å². The monoisotopic (exact) mass is 358 g/mol. The standard InChI is InChI=1S/C22H22N4O/c1-14-18(15-6-4-8-17(12-15)27-3)9-10-19-20(14)25-21(26-22(19)23-2)16-7-5-11-24-13-16/h5-7,9-13H,4,8H2,1-3H3,(H,23,25,26). The Morgan fingerprint density at radius 2 is 2.04 bits per heavy atom. The predicted molar refractivity (Wildman–Crippen MR) is 109 cm³/mol. The molecule has 1 aliphatic rings. The maximum absolute atomic E-state index is 5.46. The molecule has 136 valence electrons. The highest BCUT2D eigenvalue weighted by Gasteiger charge is 2.16. The largest absolute Gasteiger partial charge is 0.501 e. The van der Waals surface area contributed by atoms with Crippen molar-refractivity contribution in [2.45, 2.75) is 19.8 Å². The molecule has 0 fully saturated rings. The molecule has 5 nitrogen and oxygen atoms in total. The number of hydrogen-bond acceptors (Lipinski definition) is 5. The lowest BCUT2D eigenvalue weighted by Gasteiger charge is -2.17. The van der Waals surface area contributed by atoms with Gasteiger partial charge in [-0.15, -0.1) is 0 Å². The first-order valence-electron chi connectivity index (χ1n) is 9.06. The van der Waals surface area contributed by atoms with Crippen molar-refractivity contribution < 1.29 is 4.74 Å². The molecule has 4 rings (SSSR count). The number of methoxy groups -OCH3 is 1. The molecular formula is C22H22N4O. The third kappa shape index (κ3) is 3.16. The van der Waals surface area contributed by atoms with Crippen LogP contribution in [0.15, 0.2) is 54.6 Å². The normalized spacial score (nSPS) is 13.9. The van der Waals surface area contributed by atoms with Crippen molar-refractivity contribution in [1.82, 2.24) is 15.0 Å². The van der Waals surface area contributed by atoms with E-state index in [-0.39, 0.29) is 0 Å². The number of ether oxygens (including phenoxy) is 1. The van der Waals surface area contributed by atoms with Gasteiger partial charge in [0.15, 0.2) is 5.82 Å². The van der Waals surface area contributed by atoms with Gasteiger partial charge in [0.1, 0.15) is 5.82 Å². The van der Waals surface area contributed by atoms with Gasteiger partial charge in [-0.25, -0.2) is 9.97 Å². The molecular weight excluding hydrogens is 336 g/mol. The molecule has 0 spiro atoms. The maximum Gasteiger partial charge on any atom is 0.163 e. The highest BCUT2D eigenvalue weighted by Crippen LogP contribution is 2.33. The molecule has 0 amide bonds. The third-order valence-electron chi connectivity index (χ3n) is 4.92. The number of allylic oxidation sites excluding steroid dienone is 4. The number of hydrogen-bond donors (Lipinski definition) is 1. The second-order valence-corrected chi connectivity index (χ2v) is 6.53. The number of aromatic nitrogens is 3. The van der Waals surface area contributed by atoms with E-state index in [0.717, 1.165) is 46.4 Å². The summed E-state index contributed by atoms with van der Waals surface area (Å²) >= 11 is 0. The molecule has 0 radical (unpaired) electrons. The Balaban J connectivity index is 1.91. The lowest BCUT2D eigenvalue weighted by Crippen LogP contribution is -2.02. The van der Waals surface area contributed by atoms with Crippen molar-refractivity contribution in [1.29, 1.82) is 0 Å². The van der Waals surface area contributed by atoms with Gasteiger partial charge in [0.05, 0.1) is 18.4 Å². The van der Waals surface area contributed by atoms with E-state index in [0.29, 0.717) is 5.82 Å². The van der Waals surface area contributed by atoms with Crippen LogP contribution in [0.2, 0.25) is 0 Å². The van der Waals surface area contributed by atoms with E-state index in [4.69, 9.17) is 9.72 Å². The van der Waals surface area contributed by atoms with Crippen molar-refractivity contribution in [3.05, 3.63) is 65.7 Å². The van der Waals surface area contributed by atoms with E-state index in [2.05, 4.69) is 46.5 Å². The van der Waals surface area contributed by atoms with Crippen LogP contribution in [0.5, 0.6) is 0 Å². The number of fused-ring (bicyclic) bond motifs is 1. The number of rotatable bonds is 4. The van der Waals surface area contributed by atoms with Gasteiger partial charge in [-0.1, -0.05) is 12.1 Å². The summed E-state index contributed by atoms with van der Waals surface area (Å²) in [6, 6.07) is 8.11. The Bertz CT molecular complexity index is 1050. The molecule has 1 aliphatic carbocycles. The molecule has 0 saturated heterocycles. The lowest BCUT2D eigenvalue weighted by molar-refractivity contribution is 0.277. The summed E-state index contributed by atoms with van der Waals surface area (Å²) in [6.45, 7) is 2.12. The SMILES string of the molecule is CNc1nc(-c2cccnc2)nc2c(C)c(C3=CCCC(OC)=C3)ccc12. The van der Waals surface area contributed by atoms with Crippen LogP contribution in [0.3, 0.4) is 0 Å².